The molecule has 0 spiro atoms. The zero-order valence-electron chi connectivity index (χ0n) is 13.9. The highest BCUT2D eigenvalue weighted by Crippen LogP contribution is 2.27. The van der Waals surface area contributed by atoms with Crippen LogP contribution in [0.25, 0.3) is 5.69 Å². The van der Waals surface area contributed by atoms with E-state index in [1.165, 1.54) is 0 Å². The first-order chi connectivity index (χ1) is 10.3. The van der Waals surface area contributed by atoms with Gasteiger partial charge in [-0.15, -0.1) is 0 Å². The van der Waals surface area contributed by atoms with Crippen LogP contribution in [0.1, 0.15) is 60.9 Å². The number of aromatic nitrogens is 2. The van der Waals surface area contributed by atoms with E-state index < -0.39 is 5.97 Å². The van der Waals surface area contributed by atoms with Crippen molar-refractivity contribution in [1.29, 1.82) is 0 Å². The summed E-state index contributed by atoms with van der Waals surface area (Å²) in [5.74, 6) is -0.765. The van der Waals surface area contributed by atoms with Crippen molar-refractivity contribution in [3.8, 4) is 5.69 Å². The van der Waals surface area contributed by atoms with Gasteiger partial charge in [0.1, 0.15) is 0 Å². The van der Waals surface area contributed by atoms with E-state index in [1.807, 2.05) is 45.0 Å². The van der Waals surface area contributed by atoms with Gasteiger partial charge in [0.05, 0.1) is 23.0 Å². The van der Waals surface area contributed by atoms with Crippen molar-refractivity contribution in [2.45, 2.75) is 47.0 Å². The molecule has 0 saturated carbocycles. The molecule has 0 saturated heterocycles. The van der Waals surface area contributed by atoms with Gasteiger partial charge in [-0.25, -0.2) is 4.68 Å². The molecule has 0 amide bonds. The van der Waals surface area contributed by atoms with E-state index in [4.69, 9.17) is 0 Å². The molecule has 0 aliphatic heterocycles. The van der Waals surface area contributed by atoms with Gasteiger partial charge in [-0.1, -0.05) is 39.8 Å². The Hall–Kier alpha value is -2.10. The molecule has 4 heteroatoms. The van der Waals surface area contributed by atoms with Crippen LogP contribution in [0.5, 0.6) is 0 Å². The van der Waals surface area contributed by atoms with Gasteiger partial charge in [0.15, 0.2) is 0 Å². The largest absolute Gasteiger partial charge is 0.545 e. The maximum Gasteiger partial charge on any atom is 0.0752 e. The van der Waals surface area contributed by atoms with Crippen LogP contribution in [0.2, 0.25) is 0 Å². The summed E-state index contributed by atoms with van der Waals surface area (Å²) in [4.78, 5) is 11.7. The lowest BCUT2D eigenvalue weighted by atomic mass is 9.99. The standard InChI is InChI=1S/C18H24N2O2/c1-11(2)9-15-16(18(21)22)17(12(3)4)20(19-15)14-8-6-7-13(5)10-14/h6-8,10-12H,9H2,1-5H3,(H,21,22)/p-1. The van der Waals surface area contributed by atoms with Crippen molar-refractivity contribution in [3.63, 3.8) is 0 Å². The summed E-state index contributed by atoms with van der Waals surface area (Å²) in [5, 5.41) is 16.3. The highest BCUT2D eigenvalue weighted by Gasteiger charge is 2.22. The first kappa shape index (κ1) is 16.3. The van der Waals surface area contributed by atoms with Gasteiger partial charge in [0, 0.05) is 5.56 Å². The number of carbonyl (C=O) groups excluding carboxylic acids is 1. The van der Waals surface area contributed by atoms with Gasteiger partial charge in [-0.3, -0.25) is 0 Å². The number of hydrogen-bond acceptors (Lipinski definition) is 3. The molecule has 0 aliphatic rings. The Morgan fingerprint density at radius 1 is 1.27 bits per heavy atom. The van der Waals surface area contributed by atoms with Crippen LogP contribution in [-0.4, -0.2) is 15.7 Å². The molecule has 1 heterocycles. The molecule has 0 radical (unpaired) electrons. The minimum Gasteiger partial charge on any atom is -0.545 e. The second kappa shape index (κ2) is 6.34. The van der Waals surface area contributed by atoms with Gasteiger partial charge in [-0.05, 0) is 42.9 Å². The number of rotatable bonds is 5. The number of hydrogen-bond donors (Lipinski definition) is 0. The van der Waals surface area contributed by atoms with Crippen molar-refractivity contribution in [1.82, 2.24) is 9.78 Å². The smallest absolute Gasteiger partial charge is 0.0752 e. The zero-order chi connectivity index (χ0) is 16.4. The van der Waals surface area contributed by atoms with Gasteiger partial charge in [-0.2, -0.15) is 5.10 Å². The Kier molecular flexibility index (Phi) is 4.69. The Labute approximate surface area is 131 Å². The Balaban J connectivity index is 2.70. The van der Waals surface area contributed by atoms with Gasteiger partial charge < -0.3 is 9.90 Å². The van der Waals surface area contributed by atoms with Crippen LogP contribution in [0.15, 0.2) is 24.3 Å². The monoisotopic (exact) mass is 299 g/mol. The maximum absolute atomic E-state index is 11.7. The predicted octanol–water partition coefficient (Wildman–Crippen LogP) is 2.87. The highest BCUT2D eigenvalue weighted by atomic mass is 16.4. The predicted molar refractivity (Wildman–Crippen MR) is 85.3 cm³/mol. The first-order valence-corrected chi connectivity index (χ1v) is 7.71. The average molecular weight is 299 g/mol. The fourth-order valence-electron chi connectivity index (χ4n) is 2.72. The molecule has 0 unspecified atom stereocenters. The van der Waals surface area contributed by atoms with Crippen molar-refractivity contribution in [2.24, 2.45) is 5.92 Å². The third-order valence-electron chi connectivity index (χ3n) is 3.59. The molecule has 0 aliphatic carbocycles. The summed E-state index contributed by atoms with van der Waals surface area (Å²) in [6, 6.07) is 7.93. The molecular formula is C18H23N2O2-. The molecule has 4 nitrogen and oxygen atoms in total. The number of aryl methyl sites for hydroxylation is 1. The zero-order valence-corrected chi connectivity index (χ0v) is 13.9. The third-order valence-corrected chi connectivity index (χ3v) is 3.59. The molecule has 118 valence electrons. The van der Waals surface area contributed by atoms with Crippen LogP contribution in [0, 0.1) is 12.8 Å². The Bertz CT molecular complexity index is 684. The van der Waals surface area contributed by atoms with E-state index in [0.717, 1.165) is 11.3 Å². The summed E-state index contributed by atoms with van der Waals surface area (Å²) < 4.78 is 1.76. The lowest BCUT2D eigenvalue weighted by molar-refractivity contribution is -0.255. The molecule has 2 aromatic rings. The molecule has 0 bridgehead atoms. The Morgan fingerprint density at radius 3 is 2.45 bits per heavy atom. The van der Waals surface area contributed by atoms with Gasteiger partial charge >= 0.3 is 0 Å². The average Bonchev–Trinajstić information content (AvgIpc) is 2.77. The van der Waals surface area contributed by atoms with Crippen molar-refractivity contribution < 1.29 is 9.90 Å². The van der Waals surface area contributed by atoms with E-state index in [0.29, 0.717) is 23.7 Å². The molecule has 2 rings (SSSR count). The number of nitrogens with zero attached hydrogens (tertiary/aromatic N) is 2. The SMILES string of the molecule is Cc1cccc(-n2nc(CC(C)C)c(C(=O)[O-])c2C(C)C)c1. The van der Waals surface area contributed by atoms with Crippen molar-refractivity contribution in [2.75, 3.05) is 0 Å². The minimum absolute atomic E-state index is 0.0434. The number of carbonyl (C=O) groups is 1. The Morgan fingerprint density at radius 2 is 1.95 bits per heavy atom. The van der Waals surface area contributed by atoms with Crippen molar-refractivity contribution >= 4 is 5.97 Å². The molecular weight excluding hydrogens is 276 g/mol. The van der Waals surface area contributed by atoms with Crippen molar-refractivity contribution in [3.05, 3.63) is 46.8 Å². The number of carboxylic acids is 1. The van der Waals surface area contributed by atoms with E-state index in [-0.39, 0.29) is 11.5 Å². The van der Waals surface area contributed by atoms with Crippen LogP contribution < -0.4 is 5.11 Å². The fourth-order valence-corrected chi connectivity index (χ4v) is 2.72. The number of carboxylic acid groups (broad SMARTS) is 1. The summed E-state index contributed by atoms with van der Waals surface area (Å²) >= 11 is 0. The topological polar surface area (TPSA) is 58.0 Å². The van der Waals surface area contributed by atoms with Gasteiger partial charge in [0.2, 0.25) is 0 Å². The summed E-state index contributed by atoms with van der Waals surface area (Å²) in [5.41, 5.74) is 3.58. The third kappa shape index (κ3) is 3.21. The van der Waals surface area contributed by atoms with Crippen LogP contribution >= 0.6 is 0 Å². The van der Waals surface area contributed by atoms with E-state index in [9.17, 15) is 9.90 Å². The molecule has 1 aromatic heterocycles. The molecule has 22 heavy (non-hydrogen) atoms. The van der Waals surface area contributed by atoms with E-state index in [2.05, 4.69) is 18.9 Å². The molecule has 1 aromatic carbocycles. The highest BCUT2D eigenvalue weighted by molar-refractivity contribution is 5.89. The summed E-state index contributed by atoms with van der Waals surface area (Å²) in [7, 11) is 0. The van der Waals surface area contributed by atoms with Crippen LogP contribution in [0.3, 0.4) is 0 Å². The summed E-state index contributed by atoms with van der Waals surface area (Å²) in [6.07, 6.45) is 0.627. The van der Waals surface area contributed by atoms with Crippen LogP contribution in [-0.2, 0) is 6.42 Å². The lowest BCUT2D eigenvalue weighted by Crippen LogP contribution is -2.25. The lowest BCUT2D eigenvalue weighted by Gasteiger charge is -2.14. The molecule has 0 fully saturated rings. The second-order valence-electron chi connectivity index (χ2n) is 6.50. The molecule has 0 atom stereocenters. The normalized spacial score (nSPS) is 11.4. The number of aromatic carboxylic acids is 1. The quantitative estimate of drug-likeness (QED) is 0.853. The van der Waals surface area contributed by atoms with Crippen LogP contribution in [0.4, 0.5) is 0 Å². The van der Waals surface area contributed by atoms with E-state index >= 15 is 0 Å². The molecule has 0 N–H and O–H groups in total. The second-order valence-corrected chi connectivity index (χ2v) is 6.50. The minimum atomic E-state index is -1.14. The maximum atomic E-state index is 11.7. The number of benzene rings is 1. The van der Waals surface area contributed by atoms with E-state index in [1.54, 1.807) is 4.68 Å². The summed E-state index contributed by atoms with van der Waals surface area (Å²) in [6.45, 7) is 10.1. The first-order valence-electron chi connectivity index (χ1n) is 7.71. The van der Waals surface area contributed by atoms with Gasteiger partial charge in [0.25, 0.3) is 0 Å². The fraction of sp³-hybridized carbons (Fsp3) is 0.444.